The molecule has 0 aromatic rings. The summed E-state index contributed by atoms with van der Waals surface area (Å²) in [7, 11) is 0. The zero-order chi connectivity index (χ0) is 14.3. The molecule has 19 heavy (non-hydrogen) atoms. The lowest BCUT2D eigenvalue weighted by atomic mass is 9.72. The summed E-state index contributed by atoms with van der Waals surface area (Å²) >= 11 is 0. The van der Waals surface area contributed by atoms with Crippen molar-refractivity contribution in [2.75, 3.05) is 6.54 Å². The lowest BCUT2D eigenvalue weighted by molar-refractivity contribution is 0.163. The Kier molecular flexibility index (Phi) is 8.06. The van der Waals surface area contributed by atoms with Gasteiger partial charge in [-0.3, -0.25) is 0 Å². The largest absolute Gasteiger partial charge is 0.314 e. The average molecular weight is 268 g/mol. The minimum Gasteiger partial charge on any atom is -0.314 e. The molecular formula is C18H37N. The van der Waals surface area contributed by atoms with Crippen molar-refractivity contribution < 1.29 is 0 Å². The molecule has 1 heteroatoms. The first-order valence-corrected chi connectivity index (χ1v) is 8.81. The normalized spacial score (nSPS) is 31.1. The van der Waals surface area contributed by atoms with Gasteiger partial charge in [0.2, 0.25) is 0 Å². The van der Waals surface area contributed by atoms with E-state index < -0.39 is 0 Å². The molecule has 0 aliphatic heterocycles. The van der Waals surface area contributed by atoms with E-state index in [4.69, 9.17) is 0 Å². The van der Waals surface area contributed by atoms with Gasteiger partial charge in [-0.1, -0.05) is 60.3 Å². The quantitative estimate of drug-likeness (QED) is 0.633. The molecular weight excluding hydrogens is 230 g/mol. The molecule has 0 saturated heterocycles. The van der Waals surface area contributed by atoms with Gasteiger partial charge in [0.15, 0.2) is 0 Å². The van der Waals surface area contributed by atoms with E-state index in [1.165, 1.54) is 44.9 Å². The Hall–Kier alpha value is -0.0400. The smallest absolute Gasteiger partial charge is 0.00927 e. The summed E-state index contributed by atoms with van der Waals surface area (Å²) in [6, 6.07) is 0.785. The van der Waals surface area contributed by atoms with Crippen molar-refractivity contribution in [3.8, 4) is 0 Å². The van der Waals surface area contributed by atoms with Crippen molar-refractivity contribution in [3.63, 3.8) is 0 Å². The van der Waals surface area contributed by atoms with Gasteiger partial charge in [-0.05, 0) is 49.5 Å². The van der Waals surface area contributed by atoms with Crippen LogP contribution in [0.5, 0.6) is 0 Å². The van der Waals surface area contributed by atoms with Crippen LogP contribution in [0.25, 0.3) is 0 Å². The average Bonchev–Trinajstić information content (AvgIpc) is 2.39. The molecule has 1 nitrogen and oxygen atoms in total. The highest BCUT2D eigenvalue weighted by Gasteiger charge is 2.29. The van der Waals surface area contributed by atoms with Crippen LogP contribution in [0.4, 0.5) is 0 Å². The van der Waals surface area contributed by atoms with Crippen LogP contribution >= 0.6 is 0 Å². The van der Waals surface area contributed by atoms with Gasteiger partial charge < -0.3 is 5.32 Å². The molecule has 1 rings (SSSR count). The Labute approximate surface area is 121 Å². The van der Waals surface area contributed by atoms with Crippen molar-refractivity contribution in [2.45, 2.75) is 85.6 Å². The number of hydrogen-bond acceptors (Lipinski definition) is 1. The fraction of sp³-hybridized carbons (Fsp3) is 1.00. The minimum atomic E-state index is 0.785. The van der Waals surface area contributed by atoms with Gasteiger partial charge in [0.25, 0.3) is 0 Å². The van der Waals surface area contributed by atoms with Gasteiger partial charge >= 0.3 is 0 Å². The van der Waals surface area contributed by atoms with E-state index in [1.807, 2.05) is 0 Å². The first-order chi connectivity index (χ1) is 9.08. The SMILES string of the molecule is CCCC(C)CCC(C)C1CCC(NCC)C(C)C1. The van der Waals surface area contributed by atoms with Gasteiger partial charge in [-0.25, -0.2) is 0 Å². The fourth-order valence-corrected chi connectivity index (χ4v) is 3.94. The maximum absolute atomic E-state index is 3.66. The summed E-state index contributed by atoms with van der Waals surface area (Å²) in [6.45, 7) is 13.1. The second-order valence-electron chi connectivity index (χ2n) is 7.16. The summed E-state index contributed by atoms with van der Waals surface area (Å²) < 4.78 is 0. The second kappa shape index (κ2) is 9.00. The highest BCUT2D eigenvalue weighted by atomic mass is 14.9. The molecule has 1 saturated carbocycles. The van der Waals surface area contributed by atoms with E-state index in [0.29, 0.717) is 0 Å². The molecule has 1 fully saturated rings. The van der Waals surface area contributed by atoms with E-state index >= 15 is 0 Å². The first kappa shape index (κ1) is 17.0. The maximum atomic E-state index is 3.66. The van der Waals surface area contributed by atoms with Gasteiger partial charge in [0, 0.05) is 6.04 Å². The maximum Gasteiger partial charge on any atom is 0.00927 e. The van der Waals surface area contributed by atoms with E-state index in [-0.39, 0.29) is 0 Å². The van der Waals surface area contributed by atoms with Crippen molar-refractivity contribution in [3.05, 3.63) is 0 Å². The first-order valence-electron chi connectivity index (χ1n) is 8.81. The van der Waals surface area contributed by atoms with Crippen LogP contribution in [0.1, 0.15) is 79.6 Å². The van der Waals surface area contributed by atoms with E-state index in [1.54, 1.807) is 0 Å². The van der Waals surface area contributed by atoms with E-state index in [9.17, 15) is 0 Å². The summed E-state index contributed by atoms with van der Waals surface area (Å²) in [4.78, 5) is 0. The monoisotopic (exact) mass is 267 g/mol. The molecule has 0 spiro atoms. The number of rotatable bonds is 8. The third kappa shape index (κ3) is 5.85. The van der Waals surface area contributed by atoms with Crippen LogP contribution < -0.4 is 5.32 Å². The van der Waals surface area contributed by atoms with Crippen LogP contribution in [-0.2, 0) is 0 Å². The third-order valence-electron chi connectivity index (χ3n) is 5.38. The minimum absolute atomic E-state index is 0.785. The van der Waals surface area contributed by atoms with Crippen LogP contribution in [0.3, 0.4) is 0 Å². The van der Waals surface area contributed by atoms with E-state index in [0.717, 1.165) is 36.3 Å². The number of hydrogen-bond donors (Lipinski definition) is 1. The van der Waals surface area contributed by atoms with Gasteiger partial charge in [-0.2, -0.15) is 0 Å². The van der Waals surface area contributed by atoms with Crippen molar-refractivity contribution in [2.24, 2.45) is 23.7 Å². The van der Waals surface area contributed by atoms with Crippen LogP contribution in [-0.4, -0.2) is 12.6 Å². The lowest BCUT2D eigenvalue weighted by Crippen LogP contribution is -2.40. The Morgan fingerprint density at radius 3 is 2.37 bits per heavy atom. The lowest BCUT2D eigenvalue weighted by Gasteiger charge is -2.37. The van der Waals surface area contributed by atoms with Gasteiger partial charge in [0.05, 0.1) is 0 Å². The van der Waals surface area contributed by atoms with Gasteiger partial charge in [0.1, 0.15) is 0 Å². The fourth-order valence-electron chi connectivity index (χ4n) is 3.94. The molecule has 0 amide bonds. The second-order valence-corrected chi connectivity index (χ2v) is 7.16. The summed E-state index contributed by atoms with van der Waals surface area (Å²) in [6.07, 6.45) is 9.94. The van der Waals surface area contributed by atoms with E-state index in [2.05, 4.69) is 39.9 Å². The standard InChI is InChI=1S/C18H37N/c1-6-8-14(3)9-10-15(4)17-11-12-18(19-7-2)16(5)13-17/h14-19H,6-13H2,1-5H3. The van der Waals surface area contributed by atoms with Crippen molar-refractivity contribution in [1.29, 1.82) is 0 Å². The highest BCUT2D eigenvalue weighted by molar-refractivity contribution is 4.84. The predicted molar refractivity (Wildman–Crippen MR) is 86.4 cm³/mol. The number of nitrogens with one attached hydrogen (secondary N) is 1. The molecule has 5 unspecified atom stereocenters. The molecule has 0 aromatic heterocycles. The summed E-state index contributed by atoms with van der Waals surface area (Å²) in [5, 5.41) is 3.66. The zero-order valence-electron chi connectivity index (χ0n) is 14.0. The Morgan fingerprint density at radius 2 is 1.79 bits per heavy atom. The molecule has 0 aromatic carbocycles. The topological polar surface area (TPSA) is 12.0 Å². The molecule has 0 bridgehead atoms. The van der Waals surface area contributed by atoms with Crippen LogP contribution in [0.15, 0.2) is 0 Å². The Bertz CT molecular complexity index is 226. The molecule has 1 aliphatic rings. The summed E-state index contributed by atoms with van der Waals surface area (Å²) in [5.74, 6) is 3.72. The molecule has 0 heterocycles. The van der Waals surface area contributed by atoms with Crippen molar-refractivity contribution in [1.82, 2.24) is 5.32 Å². The van der Waals surface area contributed by atoms with Crippen LogP contribution in [0, 0.1) is 23.7 Å². The zero-order valence-corrected chi connectivity index (χ0v) is 14.0. The molecule has 1 aliphatic carbocycles. The molecule has 1 N–H and O–H groups in total. The molecule has 0 radical (unpaired) electrons. The predicted octanol–water partition coefficient (Wildman–Crippen LogP) is 5.25. The highest BCUT2D eigenvalue weighted by Crippen LogP contribution is 2.36. The Morgan fingerprint density at radius 1 is 1.05 bits per heavy atom. The molecule has 114 valence electrons. The summed E-state index contributed by atoms with van der Waals surface area (Å²) in [5.41, 5.74) is 0. The van der Waals surface area contributed by atoms with Crippen molar-refractivity contribution >= 4 is 0 Å². The van der Waals surface area contributed by atoms with Gasteiger partial charge in [-0.15, -0.1) is 0 Å². The van der Waals surface area contributed by atoms with Crippen LogP contribution in [0.2, 0.25) is 0 Å². The third-order valence-corrected chi connectivity index (χ3v) is 5.38. The Balaban J connectivity index is 2.28. The molecule has 5 atom stereocenters.